The lowest BCUT2D eigenvalue weighted by molar-refractivity contribution is -0.153. The van der Waals surface area contributed by atoms with Crippen molar-refractivity contribution >= 4 is 11.6 Å². The maximum atomic E-state index is 13.4. The normalized spacial score (nSPS) is 11.1. The average molecular weight is 371 g/mol. The van der Waals surface area contributed by atoms with Crippen LogP contribution >= 0.6 is 0 Å². The van der Waals surface area contributed by atoms with E-state index >= 15 is 0 Å². The van der Waals surface area contributed by atoms with Crippen LogP contribution in [0, 0.1) is 5.82 Å². The summed E-state index contributed by atoms with van der Waals surface area (Å²) in [5.41, 5.74) is 0.324. The van der Waals surface area contributed by atoms with E-state index < -0.39 is 18.6 Å². The van der Waals surface area contributed by atoms with Crippen molar-refractivity contribution in [2.45, 2.75) is 19.0 Å². The Hall–Kier alpha value is -2.77. The number of ether oxygens (including phenoxy) is 2. The van der Waals surface area contributed by atoms with Gasteiger partial charge in [0.15, 0.2) is 18.2 Å². The summed E-state index contributed by atoms with van der Waals surface area (Å²) < 4.78 is 59.6. The topological polar surface area (TPSA) is 47.6 Å². The van der Waals surface area contributed by atoms with E-state index in [4.69, 9.17) is 4.74 Å². The third kappa shape index (κ3) is 7.00. The summed E-state index contributed by atoms with van der Waals surface area (Å²) in [7, 11) is 0. The van der Waals surface area contributed by atoms with E-state index in [1.165, 1.54) is 36.4 Å². The summed E-state index contributed by atoms with van der Waals surface area (Å²) in [5, 5.41) is 2.56. The molecule has 0 atom stereocenters. The number of halogens is 4. The predicted molar refractivity (Wildman–Crippen MR) is 87.8 cm³/mol. The van der Waals surface area contributed by atoms with Crippen LogP contribution in [0.2, 0.25) is 0 Å². The first-order valence-electron chi connectivity index (χ1n) is 7.80. The number of rotatable bonds is 8. The van der Waals surface area contributed by atoms with Crippen LogP contribution in [0.15, 0.2) is 48.5 Å². The van der Waals surface area contributed by atoms with E-state index in [0.29, 0.717) is 12.1 Å². The maximum absolute atomic E-state index is 13.4. The summed E-state index contributed by atoms with van der Waals surface area (Å²) >= 11 is 0. The molecule has 1 N–H and O–H groups in total. The Morgan fingerprint density at radius 1 is 1.04 bits per heavy atom. The minimum Gasteiger partial charge on any atom is -0.491 e. The van der Waals surface area contributed by atoms with Gasteiger partial charge in [-0.1, -0.05) is 18.2 Å². The molecule has 0 aliphatic carbocycles. The molecule has 0 saturated heterocycles. The molecule has 0 fully saturated rings. The molecule has 140 valence electrons. The smallest absolute Gasteiger partial charge is 0.422 e. The van der Waals surface area contributed by atoms with Gasteiger partial charge < -0.3 is 14.8 Å². The van der Waals surface area contributed by atoms with Crippen molar-refractivity contribution < 1.29 is 31.8 Å². The van der Waals surface area contributed by atoms with Crippen LogP contribution in [-0.4, -0.2) is 25.3 Å². The van der Waals surface area contributed by atoms with Crippen molar-refractivity contribution in [2.75, 3.05) is 18.5 Å². The highest BCUT2D eigenvalue weighted by atomic mass is 19.4. The van der Waals surface area contributed by atoms with Gasteiger partial charge in [-0.05, 0) is 30.7 Å². The zero-order chi connectivity index (χ0) is 19.0. The van der Waals surface area contributed by atoms with E-state index in [-0.39, 0.29) is 30.4 Å². The molecule has 0 bridgehead atoms. The summed E-state index contributed by atoms with van der Waals surface area (Å²) in [6, 6.07) is 11.6. The summed E-state index contributed by atoms with van der Waals surface area (Å²) in [4.78, 5) is 11.9. The lowest BCUT2D eigenvalue weighted by Crippen LogP contribution is -2.19. The Kier molecular flexibility index (Phi) is 6.82. The van der Waals surface area contributed by atoms with Crippen LogP contribution in [-0.2, 0) is 4.79 Å². The fourth-order valence-corrected chi connectivity index (χ4v) is 2.03. The van der Waals surface area contributed by atoms with E-state index in [2.05, 4.69) is 10.1 Å². The second-order valence-corrected chi connectivity index (χ2v) is 5.36. The number of amides is 1. The highest BCUT2D eigenvalue weighted by Crippen LogP contribution is 2.21. The molecule has 0 radical (unpaired) electrons. The Balaban J connectivity index is 1.74. The van der Waals surface area contributed by atoms with Gasteiger partial charge in [-0.15, -0.1) is 0 Å². The molecular weight excluding hydrogens is 354 g/mol. The summed E-state index contributed by atoms with van der Waals surface area (Å²) in [6.07, 6.45) is -3.97. The molecule has 4 nitrogen and oxygen atoms in total. The van der Waals surface area contributed by atoms with Crippen LogP contribution in [0.1, 0.15) is 12.8 Å². The summed E-state index contributed by atoms with van der Waals surface area (Å²) in [5.74, 6) is -0.701. The Bertz CT molecular complexity index is 734. The maximum Gasteiger partial charge on any atom is 0.422 e. The quantitative estimate of drug-likeness (QED) is 0.546. The number of alkyl halides is 3. The largest absolute Gasteiger partial charge is 0.491 e. The lowest BCUT2D eigenvalue weighted by atomic mass is 10.2. The van der Waals surface area contributed by atoms with Gasteiger partial charge in [-0.2, -0.15) is 13.2 Å². The number of hydrogen-bond acceptors (Lipinski definition) is 3. The highest BCUT2D eigenvalue weighted by Gasteiger charge is 2.28. The number of benzene rings is 2. The van der Waals surface area contributed by atoms with Crippen LogP contribution in [0.5, 0.6) is 11.5 Å². The first kappa shape index (κ1) is 19.6. The number of para-hydroxylation sites is 1. The second kappa shape index (κ2) is 9.07. The number of anilines is 1. The van der Waals surface area contributed by atoms with Crippen molar-refractivity contribution in [3.63, 3.8) is 0 Å². The molecule has 0 unspecified atom stereocenters. The summed E-state index contributed by atoms with van der Waals surface area (Å²) in [6.45, 7) is -1.25. The van der Waals surface area contributed by atoms with Crippen molar-refractivity contribution in [1.29, 1.82) is 0 Å². The Labute approximate surface area is 147 Å². The molecule has 2 aromatic carbocycles. The molecular formula is C18H17F4NO3. The average Bonchev–Trinajstić information content (AvgIpc) is 2.58. The van der Waals surface area contributed by atoms with Gasteiger partial charge in [-0.25, -0.2) is 4.39 Å². The second-order valence-electron chi connectivity index (χ2n) is 5.36. The van der Waals surface area contributed by atoms with Gasteiger partial charge in [0.05, 0.1) is 6.61 Å². The molecule has 0 aliphatic rings. The van der Waals surface area contributed by atoms with Gasteiger partial charge in [0.1, 0.15) is 5.75 Å². The van der Waals surface area contributed by atoms with Crippen molar-refractivity contribution in [2.24, 2.45) is 0 Å². The fraction of sp³-hybridized carbons (Fsp3) is 0.278. The van der Waals surface area contributed by atoms with Gasteiger partial charge in [-0.3, -0.25) is 4.79 Å². The molecule has 0 heterocycles. The van der Waals surface area contributed by atoms with Crippen LogP contribution in [0.3, 0.4) is 0 Å². The lowest BCUT2D eigenvalue weighted by Gasteiger charge is -2.11. The van der Waals surface area contributed by atoms with Gasteiger partial charge >= 0.3 is 6.18 Å². The zero-order valence-electron chi connectivity index (χ0n) is 13.7. The van der Waals surface area contributed by atoms with E-state index in [0.717, 1.165) is 0 Å². The minimum atomic E-state index is -4.43. The fourth-order valence-electron chi connectivity index (χ4n) is 2.03. The molecule has 0 saturated carbocycles. The van der Waals surface area contributed by atoms with Crippen molar-refractivity contribution in [3.05, 3.63) is 54.3 Å². The molecule has 0 aliphatic heterocycles. The third-order valence-corrected chi connectivity index (χ3v) is 3.16. The minimum absolute atomic E-state index is 0.00279. The molecule has 2 rings (SSSR count). The molecule has 0 aromatic heterocycles. The van der Waals surface area contributed by atoms with Gasteiger partial charge in [0.2, 0.25) is 5.91 Å². The Morgan fingerprint density at radius 2 is 1.81 bits per heavy atom. The molecule has 1 amide bonds. The molecule has 2 aromatic rings. The van der Waals surface area contributed by atoms with Crippen molar-refractivity contribution in [1.82, 2.24) is 0 Å². The van der Waals surface area contributed by atoms with Gasteiger partial charge in [0, 0.05) is 18.2 Å². The number of nitrogens with one attached hydrogen (secondary N) is 1. The van der Waals surface area contributed by atoms with E-state index in [9.17, 15) is 22.4 Å². The van der Waals surface area contributed by atoms with Gasteiger partial charge in [0.25, 0.3) is 0 Å². The zero-order valence-corrected chi connectivity index (χ0v) is 13.7. The third-order valence-electron chi connectivity index (χ3n) is 3.16. The van der Waals surface area contributed by atoms with Crippen LogP contribution in [0.25, 0.3) is 0 Å². The monoisotopic (exact) mass is 371 g/mol. The molecule has 8 heteroatoms. The Morgan fingerprint density at radius 3 is 2.54 bits per heavy atom. The van der Waals surface area contributed by atoms with E-state index in [1.807, 2.05) is 0 Å². The highest BCUT2D eigenvalue weighted by molar-refractivity contribution is 5.90. The number of hydrogen-bond donors (Lipinski definition) is 1. The van der Waals surface area contributed by atoms with Crippen LogP contribution in [0.4, 0.5) is 23.2 Å². The SMILES string of the molecule is O=C(CCCOc1ccccc1F)Nc1cccc(OCC(F)(F)F)c1. The predicted octanol–water partition coefficient (Wildman–Crippen LogP) is 4.56. The molecule has 0 spiro atoms. The first-order chi connectivity index (χ1) is 12.3. The first-order valence-corrected chi connectivity index (χ1v) is 7.80. The van der Waals surface area contributed by atoms with E-state index in [1.54, 1.807) is 12.1 Å². The molecule has 26 heavy (non-hydrogen) atoms. The number of carbonyl (C=O) groups is 1. The number of carbonyl (C=O) groups excluding carboxylic acids is 1. The standard InChI is InChI=1S/C18H17F4NO3/c19-15-7-1-2-8-16(15)25-10-4-9-17(24)23-13-5-3-6-14(11-13)26-12-18(20,21)22/h1-3,5-8,11H,4,9-10,12H2,(H,23,24). The van der Waals surface area contributed by atoms with Crippen LogP contribution < -0.4 is 14.8 Å². The van der Waals surface area contributed by atoms with Crippen molar-refractivity contribution in [3.8, 4) is 11.5 Å².